The lowest BCUT2D eigenvalue weighted by atomic mass is 10.3. The van der Waals surface area contributed by atoms with Crippen LogP contribution in [0.25, 0.3) is 5.69 Å². The monoisotopic (exact) mass is 373 g/mol. The zero-order chi connectivity index (χ0) is 18.2. The van der Waals surface area contributed by atoms with Crippen molar-refractivity contribution in [3.05, 3.63) is 54.4 Å². The molecule has 0 saturated heterocycles. The first-order valence-corrected chi connectivity index (χ1v) is 9.46. The average Bonchev–Trinajstić information content (AvgIpc) is 3.36. The van der Waals surface area contributed by atoms with Crippen LogP contribution in [0.3, 0.4) is 0 Å². The van der Waals surface area contributed by atoms with Gasteiger partial charge in [-0.2, -0.15) is 16.9 Å². The summed E-state index contributed by atoms with van der Waals surface area (Å²) in [4.78, 5) is 15.9. The number of hydrogen-bond acceptors (Lipinski definition) is 7. The highest BCUT2D eigenvalue weighted by atomic mass is 32.2. The van der Waals surface area contributed by atoms with Gasteiger partial charge in [0.2, 0.25) is 0 Å². The number of hydrogen-bond donors (Lipinski definition) is 1. The van der Waals surface area contributed by atoms with Gasteiger partial charge < -0.3 is 14.6 Å². The maximum atomic E-state index is 12.0. The molecule has 1 amide bonds. The molecule has 2 heterocycles. The van der Waals surface area contributed by atoms with Crippen LogP contribution in [0, 0.1) is 0 Å². The van der Waals surface area contributed by atoms with Crippen molar-refractivity contribution in [3.63, 3.8) is 0 Å². The van der Waals surface area contributed by atoms with Crippen molar-refractivity contribution >= 4 is 17.7 Å². The molecule has 8 nitrogen and oxygen atoms in total. The van der Waals surface area contributed by atoms with E-state index in [4.69, 9.17) is 9.26 Å². The third kappa shape index (κ3) is 4.85. The van der Waals surface area contributed by atoms with Crippen molar-refractivity contribution in [2.75, 3.05) is 18.6 Å². The van der Waals surface area contributed by atoms with Crippen molar-refractivity contribution in [1.29, 1.82) is 0 Å². The van der Waals surface area contributed by atoms with E-state index in [0.717, 1.165) is 17.9 Å². The van der Waals surface area contributed by atoms with Crippen LogP contribution in [0.15, 0.2) is 47.5 Å². The maximum Gasteiger partial charge on any atom is 0.273 e. The van der Waals surface area contributed by atoms with E-state index in [1.54, 1.807) is 28.8 Å². The number of carbonyl (C=O) groups is 1. The summed E-state index contributed by atoms with van der Waals surface area (Å²) >= 11 is 1.75. The topological polar surface area (TPSA) is 95.1 Å². The zero-order valence-electron chi connectivity index (χ0n) is 14.3. The van der Waals surface area contributed by atoms with Gasteiger partial charge in [-0.1, -0.05) is 5.16 Å². The molecule has 1 N–H and O–H groups in total. The lowest BCUT2D eigenvalue weighted by Gasteiger charge is -2.05. The number of thioether (sulfide) groups is 1. The maximum absolute atomic E-state index is 12.0. The fraction of sp³-hybridized carbons (Fsp3) is 0.294. The minimum absolute atomic E-state index is 0.190. The smallest absolute Gasteiger partial charge is 0.273 e. The van der Waals surface area contributed by atoms with Crippen LogP contribution >= 0.6 is 11.8 Å². The van der Waals surface area contributed by atoms with Crippen molar-refractivity contribution in [2.24, 2.45) is 0 Å². The largest absolute Gasteiger partial charge is 0.486 e. The molecule has 0 atom stereocenters. The summed E-state index contributed by atoms with van der Waals surface area (Å²) < 4.78 is 12.5. The van der Waals surface area contributed by atoms with E-state index in [1.807, 2.05) is 30.5 Å². The number of rotatable bonds is 9. The Labute approximate surface area is 154 Å². The van der Waals surface area contributed by atoms with E-state index in [9.17, 15) is 4.79 Å². The highest BCUT2D eigenvalue weighted by Crippen LogP contribution is 2.16. The van der Waals surface area contributed by atoms with Crippen molar-refractivity contribution < 1.29 is 14.1 Å². The summed E-state index contributed by atoms with van der Waals surface area (Å²) in [5.41, 5.74) is 1.14. The second kappa shape index (κ2) is 9.04. The van der Waals surface area contributed by atoms with E-state index < -0.39 is 0 Å². The third-order valence-electron chi connectivity index (χ3n) is 3.50. The molecule has 0 aliphatic carbocycles. The summed E-state index contributed by atoms with van der Waals surface area (Å²) in [7, 11) is 0. The van der Waals surface area contributed by atoms with Gasteiger partial charge >= 0.3 is 0 Å². The number of nitrogens with zero attached hydrogens (tertiary/aromatic N) is 4. The second-order valence-electron chi connectivity index (χ2n) is 5.40. The molecular formula is C17H19N5O3S. The molecule has 0 radical (unpaired) electrons. The van der Waals surface area contributed by atoms with Crippen molar-refractivity contribution in [1.82, 2.24) is 25.2 Å². The Morgan fingerprint density at radius 1 is 1.35 bits per heavy atom. The molecule has 0 bridgehead atoms. The van der Waals surface area contributed by atoms with Gasteiger partial charge in [-0.05, 0) is 42.7 Å². The summed E-state index contributed by atoms with van der Waals surface area (Å²) in [5, 5.41) is 10.7. The normalized spacial score (nSPS) is 10.7. The van der Waals surface area contributed by atoms with Crippen LogP contribution in [0.5, 0.6) is 5.75 Å². The Hall–Kier alpha value is -2.81. The molecule has 136 valence electrons. The van der Waals surface area contributed by atoms with Crippen molar-refractivity contribution in [3.8, 4) is 11.4 Å². The van der Waals surface area contributed by atoms with E-state index in [2.05, 4.69) is 20.6 Å². The first-order chi connectivity index (χ1) is 12.8. The highest BCUT2D eigenvalue weighted by Gasteiger charge is 2.12. The van der Waals surface area contributed by atoms with Gasteiger partial charge in [0.15, 0.2) is 11.5 Å². The first-order valence-electron chi connectivity index (χ1n) is 8.07. The molecule has 2 aromatic heterocycles. The van der Waals surface area contributed by atoms with Crippen molar-refractivity contribution in [2.45, 2.75) is 13.0 Å². The van der Waals surface area contributed by atoms with Crippen LogP contribution < -0.4 is 10.1 Å². The van der Waals surface area contributed by atoms with Crippen LogP contribution in [-0.4, -0.2) is 44.4 Å². The summed E-state index contributed by atoms with van der Waals surface area (Å²) in [5.74, 6) is 1.93. The van der Waals surface area contributed by atoms with E-state index >= 15 is 0 Å². The Bertz CT molecular complexity index is 817. The average molecular weight is 373 g/mol. The molecule has 0 aliphatic heterocycles. The predicted molar refractivity (Wildman–Crippen MR) is 97.5 cm³/mol. The number of nitrogens with one attached hydrogen (secondary N) is 1. The number of ether oxygens (including phenoxy) is 1. The molecule has 0 unspecified atom stereocenters. The standard InChI is InChI=1S/C17H19N5O3S/c1-26-8-2-7-19-17(23)16-9-15(25-21-16)10-24-14-5-3-13(4-6-14)22-12-18-11-20-22/h3-6,9,11-12H,2,7-8,10H2,1H3,(H,19,23). The first kappa shape index (κ1) is 18.0. The van der Waals surface area contributed by atoms with Gasteiger partial charge in [-0.25, -0.2) is 9.67 Å². The Kier molecular flexibility index (Phi) is 6.26. The highest BCUT2D eigenvalue weighted by molar-refractivity contribution is 7.98. The fourth-order valence-corrected chi connectivity index (χ4v) is 2.62. The molecule has 3 aromatic rings. The fourth-order valence-electron chi connectivity index (χ4n) is 2.19. The SMILES string of the molecule is CSCCCNC(=O)c1cc(COc2ccc(-n3cncn3)cc2)on1. The van der Waals surface area contributed by atoms with Gasteiger partial charge in [0, 0.05) is 12.6 Å². The van der Waals surface area contributed by atoms with E-state index in [1.165, 1.54) is 6.33 Å². The molecular weight excluding hydrogens is 354 g/mol. The number of amides is 1. The lowest BCUT2D eigenvalue weighted by Crippen LogP contribution is -2.25. The summed E-state index contributed by atoms with van der Waals surface area (Å²) in [6.45, 7) is 0.811. The molecule has 26 heavy (non-hydrogen) atoms. The van der Waals surface area contributed by atoms with Gasteiger partial charge in [0.1, 0.15) is 25.0 Å². The molecule has 0 aliphatic rings. The van der Waals surface area contributed by atoms with Crippen LogP contribution in [0.1, 0.15) is 22.7 Å². The Morgan fingerprint density at radius 3 is 2.92 bits per heavy atom. The van der Waals surface area contributed by atoms with E-state index in [0.29, 0.717) is 18.1 Å². The van der Waals surface area contributed by atoms with E-state index in [-0.39, 0.29) is 18.2 Å². The Morgan fingerprint density at radius 2 is 2.19 bits per heavy atom. The van der Waals surface area contributed by atoms with Gasteiger partial charge in [-0.3, -0.25) is 4.79 Å². The van der Waals surface area contributed by atoms with Gasteiger partial charge in [0.25, 0.3) is 5.91 Å². The second-order valence-corrected chi connectivity index (χ2v) is 6.39. The van der Waals surface area contributed by atoms with Crippen LogP contribution in [0.4, 0.5) is 0 Å². The quantitative estimate of drug-likeness (QED) is 0.575. The minimum Gasteiger partial charge on any atom is -0.486 e. The predicted octanol–water partition coefficient (Wildman–Crippen LogP) is 2.32. The molecule has 0 fully saturated rings. The number of benzene rings is 1. The number of carbonyl (C=O) groups excluding carboxylic acids is 1. The Balaban J connectivity index is 1.49. The minimum atomic E-state index is -0.238. The zero-order valence-corrected chi connectivity index (χ0v) is 15.1. The van der Waals surface area contributed by atoms with Crippen LogP contribution in [-0.2, 0) is 6.61 Å². The molecule has 0 saturated carbocycles. The molecule has 1 aromatic carbocycles. The summed E-state index contributed by atoms with van der Waals surface area (Å²) in [6, 6.07) is 8.99. The number of aromatic nitrogens is 4. The van der Waals surface area contributed by atoms with Crippen LogP contribution in [0.2, 0.25) is 0 Å². The van der Waals surface area contributed by atoms with Gasteiger partial charge in [0.05, 0.1) is 5.69 Å². The molecule has 9 heteroatoms. The summed E-state index contributed by atoms with van der Waals surface area (Å²) in [6.07, 6.45) is 6.06. The lowest BCUT2D eigenvalue weighted by molar-refractivity contribution is 0.0944. The molecule has 3 rings (SSSR count). The molecule has 0 spiro atoms. The third-order valence-corrected chi connectivity index (χ3v) is 4.20. The van der Waals surface area contributed by atoms with Gasteiger partial charge in [-0.15, -0.1) is 0 Å².